The average molecular weight is 558 g/mol. The molecule has 2 N–H and O–H groups in total. The average Bonchev–Trinajstić information content (AvgIpc) is 3.38. The van der Waals surface area contributed by atoms with E-state index in [4.69, 9.17) is 16.6 Å². The van der Waals surface area contributed by atoms with Crippen LogP contribution in [0.3, 0.4) is 0 Å². The number of allylic oxidation sites excluding steroid dienone is 1. The van der Waals surface area contributed by atoms with E-state index >= 15 is 0 Å². The number of nitrogens with zero attached hydrogens (tertiary/aromatic N) is 5. The second-order valence-corrected chi connectivity index (χ2v) is 10.6. The number of hydrogen-bond acceptors (Lipinski definition) is 7. The van der Waals surface area contributed by atoms with E-state index in [9.17, 15) is 9.59 Å². The van der Waals surface area contributed by atoms with Crippen LogP contribution >= 0.6 is 11.6 Å². The number of likely N-dealkylation sites (N-methyl/N-ethyl adjacent to an activating group) is 1. The van der Waals surface area contributed by atoms with E-state index in [1.807, 2.05) is 55.5 Å². The Morgan fingerprint density at radius 2 is 2.02 bits per heavy atom. The van der Waals surface area contributed by atoms with Crippen LogP contribution in [0.4, 0.5) is 5.95 Å². The first kappa shape index (κ1) is 27.5. The third kappa shape index (κ3) is 6.55. The number of carbonyl (C=O) groups is 2. The van der Waals surface area contributed by atoms with Gasteiger partial charge in [0.15, 0.2) is 5.78 Å². The van der Waals surface area contributed by atoms with Gasteiger partial charge in [-0.05, 0) is 50.7 Å². The number of piperidine rings is 1. The SMILES string of the molecule is CN(C)C/C=C/C(=O)Cc1ccc(C(=O)N2CCC[C@@H](Nc3ncc(Cl)c(-c4c[nH]c5ccccc45)n3)C2)nc1. The van der Waals surface area contributed by atoms with Gasteiger partial charge in [0.1, 0.15) is 5.69 Å². The van der Waals surface area contributed by atoms with Gasteiger partial charge in [0.25, 0.3) is 5.91 Å². The van der Waals surface area contributed by atoms with Crippen molar-refractivity contribution in [2.45, 2.75) is 25.3 Å². The Balaban J connectivity index is 1.22. The molecule has 1 amide bonds. The molecule has 0 unspecified atom stereocenters. The molecule has 40 heavy (non-hydrogen) atoms. The van der Waals surface area contributed by atoms with Crippen molar-refractivity contribution in [2.75, 3.05) is 39.0 Å². The van der Waals surface area contributed by atoms with Crippen molar-refractivity contribution >= 4 is 40.1 Å². The number of fused-ring (bicyclic) bond motifs is 1. The van der Waals surface area contributed by atoms with Crippen LogP contribution in [0, 0.1) is 0 Å². The van der Waals surface area contributed by atoms with Crippen molar-refractivity contribution in [2.24, 2.45) is 0 Å². The van der Waals surface area contributed by atoms with E-state index < -0.39 is 0 Å². The molecule has 3 aromatic heterocycles. The van der Waals surface area contributed by atoms with Crippen molar-refractivity contribution in [3.8, 4) is 11.3 Å². The molecular weight excluding hydrogens is 526 g/mol. The normalized spacial score (nSPS) is 15.7. The zero-order valence-electron chi connectivity index (χ0n) is 22.6. The number of anilines is 1. The van der Waals surface area contributed by atoms with Crippen LogP contribution in [0.5, 0.6) is 0 Å². The molecule has 206 valence electrons. The van der Waals surface area contributed by atoms with Gasteiger partial charge in [-0.15, -0.1) is 0 Å². The van der Waals surface area contributed by atoms with Crippen molar-refractivity contribution in [3.05, 3.63) is 83.4 Å². The maximum absolute atomic E-state index is 13.2. The maximum Gasteiger partial charge on any atom is 0.272 e. The first-order valence-corrected chi connectivity index (χ1v) is 13.7. The summed E-state index contributed by atoms with van der Waals surface area (Å²) in [5.74, 6) is 0.340. The van der Waals surface area contributed by atoms with Crippen LogP contribution in [-0.2, 0) is 11.2 Å². The maximum atomic E-state index is 13.2. The Morgan fingerprint density at radius 1 is 1.18 bits per heavy atom. The quantitative estimate of drug-likeness (QED) is 0.289. The fourth-order valence-electron chi connectivity index (χ4n) is 4.83. The number of likely N-dealkylation sites (tertiary alicyclic amines) is 1. The Labute approximate surface area is 238 Å². The number of amides is 1. The summed E-state index contributed by atoms with van der Waals surface area (Å²) in [5, 5.41) is 4.90. The van der Waals surface area contributed by atoms with Crippen molar-refractivity contribution in [1.82, 2.24) is 29.7 Å². The molecule has 1 saturated heterocycles. The number of aromatic amines is 1. The molecule has 1 aliphatic heterocycles. The molecule has 9 nitrogen and oxygen atoms in total. The van der Waals surface area contributed by atoms with Crippen LogP contribution in [0.1, 0.15) is 28.9 Å². The smallest absolute Gasteiger partial charge is 0.272 e. The predicted octanol–water partition coefficient (Wildman–Crippen LogP) is 4.62. The number of benzene rings is 1. The molecular formula is C30H32ClN7O2. The zero-order valence-corrected chi connectivity index (χ0v) is 23.4. The summed E-state index contributed by atoms with van der Waals surface area (Å²) in [7, 11) is 3.89. The molecule has 1 aliphatic rings. The second kappa shape index (κ2) is 12.4. The number of H-pyrrole nitrogens is 1. The number of nitrogens with one attached hydrogen (secondary N) is 2. The number of rotatable bonds is 9. The Kier molecular flexibility index (Phi) is 8.52. The van der Waals surface area contributed by atoms with Crippen molar-refractivity contribution in [3.63, 3.8) is 0 Å². The standard InChI is InChI=1S/C30H32ClN7O2/c1-37(2)13-6-8-22(39)15-20-11-12-27(32-16-20)29(40)38-14-5-7-21(19-38)35-30-34-18-25(31)28(36-30)24-17-33-26-10-4-3-9-23(24)26/h3-4,6,8-12,16-18,21,33H,5,7,13-15,19H2,1-2H3,(H,34,35,36)/b8-6+/t21-/m1/s1. The predicted molar refractivity (Wildman–Crippen MR) is 158 cm³/mol. The summed E-state index contributed by atoms with van der Waals surface area (Å²) < 4.78 is 0. The lowest BCUT2D eigenvalue weighted by Gasteiger charge is -2.33. The van der Waals surface area contributed by atoms with Crippen molar-refractivity contribution < 1.29 is 9.59 Å². The van der Waals surface area contributed by atoms with Gasteiger partial charge in [0.05, 0.1) is 16.9 Å². The first-order valence-electron chi connectivity index (χ1n) is 13.3. The fraction of sp³-hybridized carbons (Fsp3) is 0.300. The van der Waals surface area contributed by atoms with Gasteiger partial charge in [-0.1, -0.05) is 41.9 Å². The number of pyridine rings is 1. The fourth-order valence-corrected chi connectivity index (χ4v) is 5.02. The number of halogens is 1. The summed E-state index contributed by atoms with van der Waals surface area (Å²) in [5.41, 5.74) is 3.71. The van der Waals surface area contributed by atoms with Gasteiger partial charge in [-0.25, -0.2) is 9.97 Å². The van der Waals surface area contributed by atoms with E-state index in [-0.39, 0.29) is 24.2 Å². The highest BCUT2D eigenvalue weighted by atomic mass is 35.5. The summed E-state index contributed by atoms with van der Waals surface area (Å²) in [4.78, 5) is 45.9. The third-order valence-electron chi connectivity index (χ3n) is 6.83. The van der Waals surface area contributed by atoms with Crippen LogP contribution in [0.2, 0.25) is 5.02 Å². The highest BCUT2D eigenvalue weighted by molar-refractivity contribution is 6.33. The molecule has 0 spiro atoms. The van der Waals surface area contributed by atoms with Crippen molar-refractivity contribution in [1.29, 1.82) is 0 Å². The minimum Gasteiger partial charge on any atom is -0.360 e. The van der Waals surface area contributed by atoms with Gasteiger partial charge < -0.3 is 20.1 Å². The third-order valence-corrected chi connectivity index (χ3v) is 7.10. The minimum atomic E-state index is -0.133. The molecule has 4 aromatic rings. The van der Waals surface area contributed by atoms with Crippen LogP contribution in [0.25, 0.3) is 22.2 Å². The largest absolute Gasteiger partial charge is 0.360 e. The zero-order chi connectivity index (χ0) is 28.1. The molecule has 10 heteroatoms. The summed E-state index contributed by atoms with van der Waals surface area (Å²) in [6, 6.07) is 11.5. The lowest BCUT2D eigenvalue weighted by Crippen LogP contribution is -2.45. The number of aromatic nitrogens is 4. The lowest BCUT2D eigenvalue weighted by atomic mass is 10.0. The van der Waals surface area contributed by atoms with E-state index in [1.54, 1.807) is 35.5 Å². The minimum absolute atomic E-state index is 0.00458. The monoisotopic (exact) mass is 557 g/mol. The first-order chi connectivity index (χ1) is 19.4. The van der Waals surface area contributed by atoms with Crippen LogP contribution < -0.4 is 5.32 Å². The highest BCUT2D eigenvalue weighted by Crippen LogP contribution is 2.32. The Hall–Kier alpha value is -4.08. The number of para-hydroxylation sites is 1. The van der Waals surface area contributed by atoms with E-state index in [0.717, 1.165) is 34.9 Å². The van der Waals surface area contributed by atoms with Gasteiger partial charge in [-0.2, -0.15) is 0 Å². The molecule has 1 atom stereocenters. The highest BCUT2D eigenvalue weighted by Gasteiger charge is 2.26. The summed E-state index contributed by atoms with van der Waals surface area (Å²) in [6.45, 7) is 1.86. The van der Waals surface area contributed by atoms with Gasteiger partial charge in [-0.3, -0.25) is 14.6 Å². The van der Waals surface area contributed by atoms with Gasteiger partial charge >= 0.3 is 0 Å². The lowest BCUT2D eigenvalue weighted by molar-refractivity contribution is -0.114. The van der Waals surface area contributed by atoms with Gasteiger partial charge in [0, 0.05) is 61.0 Å². The molecule has 5 rings (SSSR count). The van der Waals surface area contributed by atoms with E-state index in [2.05, 4.69) is 20.3 Å². The number of carbonyl (C=O) groups excluding carboxylic acids is 2. The Morgan fingerprint density at radius 3 is 2.83 bits per heavy atom. The van der Waals surface area contributed by atoms with E-state index in [1.165, 1.54) is 0 Å². The number of ketones is 1. The Bertz CT molecular complexity index is 1530. The second-order valence-electron chi connectivity index (χ2n) is 10.2. The summed E-state index contributed by atoms with van der Waals surface area (Å²) in [6.07, 6.45) is 10.5. The molecule has 0 bridgehead atoms. The van der Waals surface area contributed by atoms with Crippen LogP contribution in [0.15, 0.2) is 67.1 Å². The molecule has 1 aromatic carbocycles. The molecule has 0 saturated carbocycles. The summed E-state index contributed by atoms with van der Waals surface area (Å²) >= 11 is 6.49. The van der Waals surface area contributed by atoms with Crippen LogP contribution in [-0.4, -0.2) is 81.2 Å². The topological polar surface area (TPSA) is 107 Å². The molecule has 0 radical (unpaired) electrons. The van der Waals surface area contributed by atoms with E-state index in [0.29, 0.717) is 42.0 Å². The van der Waals surface area contributed by atoms with Gasteiger partial charge in [0.2, 0.25) is 5.95 Å². The molecule has 0 aliphatic carbocycles. The number of hydrogen-bond donors (Lipinski definition) is 2. The molecule has 1 fully saturated rings. The molecule has 4 heterocycles.